The molecule has 148 valence electrons. The van der Waals surface area contributed by atoms with Crippen LogP contribution < -0.4 is 4.74 Å². The summed E-state index contributed by atoms with van der Waals surface area (Å²) >= 11 is 0. The lowest BCUT2D eigenvalue weighted by atomic mass is 9.98. The molecule has 0 saturated carbocycles. The van der Waals surface area contributed by atoms with Crippen LogP contribution in [0.5, 0.6) is 5.75 Å². The number of benzene rings is 1. The Morgan fingerprint density at radius 3 is 2.63 bits per heavy atom. The molecular formula is C19H24O8. The van der Waals surface area contributed by atoms with Crippen molar-refractivity contribution in [3.05, 3.63) is 35.4 Å². The van der Waals surface area contributed by atoms with E-state index in [-0.39, 0.29) is 12.4 Å². The first-order valence-electron chi connectivity index (χ1n) is 8.69. The number of hydrogen-bond acceptors (Lipinski definition) is 8. The van der Waals surface area contributed by atoms with Gasteiger partial charge in [0.15, 0.2) is 12.1 Å². The monoisotopic (exact) mass is 380 g/mol. The van der Waals surface area contributed by atoms with E-state index in [0.29, 0.717) is 11.3 Å². The molecule has 0 spiro atoms. The van der Waals surface area contributed by atoms with Crippen LogP contribution in [0.3, 0.4) is 0 Å². The zero-order valence-corrected chi connectivity index (χ0v) is 15.1. The molecule has 27 heavy (non-hydrogen) atoms. The first-order valence-corrected chi connectivity index (χ1v) is 8.69. The first-order chi connectivity index (χ1) is 12.7. The van der Waals surface area contributed by atoms with Crippen molar-refractivity contribution >= 4 is 11.9 Å². The maximum atomic E-state index is 11.5. The molecule has 0 bridgehead atoms. The summed E-state index contributed by atoms with van der Waals surface area (Å²) in [5.74, 6) is 0.549. The van der Waals surface area contributed by atoms with E-state index in [1.165, 1.54) is 6.92 Å². The number of ether oxygens (including phenoxy) is 3. The van der Waals surface area contributed by atoms with Crippen LogP contribution in [0.15, 0.2) is 24.3 Å². The third-order valence-corrected chi connectivity index (χ3v) is 4.76. The fourth-order valence-electron chi connectivity index (χ4n) is 3.07. The lowest BCUT2D eigenvalue weighted by Gasteiger charge is -2.41. The van der Waals surface area contributed by atoms with Crippen LogP contribution in [0.2, 0.25) is 0 Å². The van der Waals surface area contributed by atoms with E-state index in [1.807, 2.05) is 6.08 Å². The Labute approximate surface area is 156 Å². The topological polar surface area (TPSA) is 126 Å². The number of ketones is 1. The molecule has 3 rings (SSSR count). The minimum absolute atomic E-state index is 0.0138. The van der Waals surface area contributed by atoms with Gasteiger partial charge in [-0.25, -0.2) is 0 Å². The summed E-state index contributed by atoms with van der Waals surface area (Å²) in [5.41, 5.74) is 0.486. The predicted octanol–water partition coefficient (Wildman–Crippen LogP) is -0.130. The highest BCUT2D eigenvalue weighted by Crippen LogP contribution is 2.33. The normalized spacial score (nSPS) is 35.4. The minimum atomic E-state index is -1.50. The van der Waals surface area contributed by atoms with E-state index >= 15 is 0 Å². The van der Waals surface area contributed by atoms with Crippen molar-refractivity contribution in [2.24, 2.45) is 0 Å². The van der Waals surface area contributed by atoms with Gasteiger partial charge in [-0.1, -0.05) is 6.08 Å². The van der Waals surface area contributed by atoms with Crippen LogP contribution in [0.25, 0.3) is 6.08 Å². The van der Waals surface area contributed by atoms with Crippen LogP contribution >= 0.6 is 0 Å². The molecule has 1 saturated heterocycles. The van der Waals surface area contributed by atoms with E-state index in [4.69, 9.17) is 14.2 Å². The molecule has 1 aromatic carbocycles. The van der Waals surface area contributed by atoms with Gasteiger partial charge in [0.05, 0.1) is 13.2 Å². The Bertz CT molecular complexity index is 730. The van der Waals surface area contributed by atoms with E-state index in [9.17, 15) is 25.2 Å². The Morgan fingerprint density at radius 1 is 1.22 bits per heavy atom. The highest BCUT2D eigenvalue weighted by atomic mass is 16.7. The van der Waals surface area contributed by atoms with Gasteiger partial charge in [-0.3, -0.25) is 4.79 Å². The molecule has 6 atom stereocenters. The van der Waals surface area contributed by atoms with E-state index in [0.717, 1.165) is 5.56 Å². The summed E-state index contributed by atoms with van der Waals surface area (Å²) in [6.45, 7) is 2.73. The second-order valence-corrected chi connectivity index (χ2v) is 7.07. The number of rotatable bonds is 5. The number of aliphatic hydroxyl groups excluding tert-OH is 4. The maximum Gasteiger partial charge on any atom is 0.186 e. The van der Waals surface area contributed by atoms with E-state index in [1.54, 1.807) is 31.2 Å². The van der Waals surface area contributed by atoms with Gasteiger partial charge in [0.2, 0.25) is 0 Å². The Kier molecular flexibility index (Phi) is 5.66. The number of fused-ring (bicyclic) bond motifs is 1. The van der Waals surface area contributed by atoms with Crippen LogP contribution in [0.1, 0.15) is 29.8 Å². The van der Waals surface area contributed by atoms with Crippen molar-refractivity contribution in [2.45, 2.75) is 50.2 Å². The van der Waals surface area contributed by atoms with E-state index in [2.05, 4.69) is 0 Å². The van der Waals surface area contributed by atoms with Gasteiger partial charge in [-0.2, -0.15) is 0 Å². The zero-order valence-electron chi connectivity index (χ0n) is 15.1. The van der Waals surface area contributed by atoms with Crippen molar-refractivity contribution in [1.82, 2.24) is 0 Å². The molecule has 1 aromatic rings. The minimum Gasteiger partial charge on any atom is -0.480 e. The second kappa shape index (κ2) is 7.67. The average Bonchev–Trinajstić information content (AvgIpc) is 2.65. The van der Waals surface area contributed by atoms with Crippen molar-refractivity contribution in [2.75, 3.05) is 13.2 Å². The fraction of sp³-hybridized carbons (Fsp3) is 0.526. The lowest BCUT2D eigenvalue weighted by molar-refractivity contribution is -0.305. The molecule has 0 amide bonds. The molecule has 0 radical (unpaired) electrons. The smallest absolute Gasteiger partial charge is 0.186 e. The van der Waals surface area contributed by atoms with Gasteiger partial charge in [-0.15, -0.1) is 0 Å². The van der Waals surface area contributed by atoms with Crippen molar-refractivity contribution in [1.29, 1.82) is 0 Å². The van der Waals surface area contributed by atoms with Gasteiger partial charge in [0, 0.05) is 11.1 Å². The SMILES string of the molecule is CC(=O)c1ccc2c(c1)C=C[C@](C)(CO[C@@H]1O[C@H](CO)[C@@H](O)[C@H](O)[C@H]1O)O2. The van der Waals surface area contributed by atoms with Crippen LogP contribution in [0.4, 0.5) is 0 Å². The number of hydrogen-bond donors (Lipinski definition) is 4. The molecular weight excluding hydrogens is 356 g/mol. The van der Waals surface area contributed by atoms with Crippen LogP contribution in [-0.4, -0.2) is 75.7 Å². The average molecular weight is 380 g/mol. The first kappa shape index (κ1) is 19.9. The Balaban J connectivity index is 1.68. The lowest BCUT2D eigenvalue weighted by Crippen LogP contribution is -2.59. The standard InChI is InChI=1S/C19H24O8/c1-10(21)11-3-4-13-12(7-11)5-6-19(2,27-13)9-25-18-17(24)16(23)15(22)14(8-20)26-18/h3-7,14-18,20,22-24H,8-9H2,1-2H3/t14-,15-,16+,17-,18-,19-/m1/s1. The highest BCUT2D eigenvalue weighted by Gasteiger charge is 2.45. The maximum absolute atomic E-state index is 11.5. The van der Waals surface area contributed by atoms with Crippen molar-refractivity contribution in [3.63, 3.8) is 0 Å². The quantitative estimate of drug-likeness (QED) is 0.521. The molecule has 1 fully saturated rings. The molecule has 2 heterocycles. The number of aliphatic hydroxyl groups is 4. The van der Waals surface area contributed by atoms with Gasteiger partial charge in [-0.05, 0) is 38.1 Å². The zero-order chi connectivity index (χ0) is 19.8. The van der Waals surface area contributed by atoms with Gasteiger partial charge in [0.25, 0.3) is 0 Å². The van der Waals surface area contributed by atoms with Crippen molar-refractivity contribution in [3.8, 4) is 5.75 Å². The summed E-state index contributed by atoms with van der Waals surface area (Å²) in [7, 11) is 0. The third-order valence-electron chi connectivity index (χ3n) is 4.76. The number of Topliss-reactive ketones (excluding diaryl/α,β-unsaturated/α-hetero) is 1. The fourth-order valence-corrected chi connectivity index (χ4v) is 3.07. The summed E-state index contributed by atoms with van der Waals surface area (Å²) in [4.78, 5) is 11.5. The number of carbonyl (C=O) groups is 1. The van der Waals surface area contributed by atoms with Crippen LogP contribution in [-0.2, 0) is 9.47 Å². The molecule has 2 aliphatic heterocycles. The third kappa shape index (κ3) is 4.06. The summed E-state index contributed by atoms with van der Waals surface area (Å²) < 4.78 is 16.9. The Morgan fingerprint density at radius 2 is 1.96 bits per heavy atom. The predicted molar refractivity (Wildman–Crippen MR) is 94.2 cm³/mol. The highest BCUT2D eigenvalue weighted by molar-refractivity contribution is 5.95. The Hall–Kier alpha value is -1.81. The summed E-state index contributed by atoms with van der Waals surface area (Å²) in [6, 6.07) is 5.13. The molecule has 0 aromatic heterocycles. The van der Waals surface area contributed by atoms with Gasteiger partial charge < -0.3 is 34.6 Å². The van der Waals surface area contributed by atoms with Crippen molar-refractivity contribution < 1.29 is 39.4 Å². The van der Waals surface area contributed by atoms with Gasteiger partial charge in [0.1, 0.15) is 35.8 Å². The second-order valence-electron chi connectivity index (χ2n) is 7.07. The van der Waals surface area contributed by atoms with E-state index < -0.39 is 42.9 Å². The molecule has 2 aliphatic rings. The molecule has 0 aliphatic carbocycles. The van der Waals surface area contributed by atoms with Crippen LogP contribution in [0, 0.1) is 0 Å². The number of carbonyl (C=O) groups excluding carboxylic acids is 1. The molecule has 0 unspecified atom stereocenters. The van der Waals surface area contributed by atoms with Gasteiger partial charge >= 0.3 is 0 Å². The molecule has 8 heteroatoms. The summed E-state index contributed by atoms with van der Waals surface area (Å²) in [5, 5.41) is 38.9. The largest absolute Gasteiger partial charge is 0.480 e. The molecule has 4 N–H and O–H groups in total. The summed E-state index contributed by atoms with van der Waals surface area (Å²) in [6.07, 6.45) is -3.07. The molecule has 8 nitrogen and oxygen atoms in total.